The van der Waals surface area contributed by atoms with Gasteiger partial charge in [-0.25, -0.2) is 4.79 Å². The molecule has 0 unspecified atom stereocenters. The number of rotatable bonds is 4. The van der Waals surface area contributed by atoms with E-state index in [9.17, 15) is 9.59 Å². The lowest BCUT2D eigenvalue weighted by Gasteiger charge is -2.03. The van der Waals surface area contributed by atoms with Crippen molar-refractivity contribution < 1.29 is 14.3 Å². The number of esters is 1. The lowest BCUT2D eigenvalue weighted by molar-refractivity contribution is -0.118. The monoisotopic (exact) mass is 290 g/mol. The van der Waals surface area contributed by atoms with E-state index < -0.39 is 18.4 Å². The third kappa shape index (κ3) is 2.89. The van der Waals surface area contributed by atoms with Crippen molar-refractivity contribution in [2.24, 2.45) is 5.73 Å². The molecule has 1 aliphatic carbocycles. The Morgan fingerprint density at radius 2 is 2.25 bits per heavy atom. The molecule has 2 rings (SSSR count). The molecule has 5 nitrogen and oxygen atoms in total. The molecule has 1 aliphatic rings. The van der Waals surface area contributed by atoms with E-state index in [1.165, 1.54) is 28.7 Å². The van der Waals surface area contributed by atoms with Gasteiger partial charge >= 0.3 is 5.97 Å². The molecule has 0 bridgehead atoms. The van der Waals surface area contributed by atoms with Crippen LogP contribution in [0, 0.1) is 11.3 Å². The van der Waals surface area contributed by atoms with Gasteiger partial charge in [-0.1, -0.05) is 0 Å². The van der Waals surface area contributed by atoms with Crippen LogP contribution >= 0.6 is 11.3 Å². The first-order chi connectivity index (χ1) is 9.52. The zero-order valence-corrected chi connectivity index (χ0v) is 11.9. The molecule has 104 valence electrons. The van der Waals surface area contributed by atoms with E-state index in [0.29, 0.717) is 4.88 Å². The molecule has 0 radical (unpaired) electrons. The SMILES string of the molecule is C/C(N)=C(\C#N)C(=O)COC(=O)c1cc2c(s1)CCC2. The molecule has 0 aromatic carbocycles. The van der Waals surface area contributed by atoms with E-state index in [1.807, 2.05) is 6.07 Å². The first-order valence-corrected chi connectivity index (χ1v) is 7.03. The number of nitriles is 1. The molecule has 0 fully saturated rings. The quantitative estimate of drug-likeness (QED) is 0.517. The molecule has 0 saturated heterocycles. The van der Waals surface area contributed by atoms with Gasteiger partial charge < -0.3 is 10.5 Å². The van der Waals surface area contributed by atoms with Crippen LogP contribution in [0.2, 0.25) is 0 Å². The predicted molar refractivity (Wildman–Crippen MR) is 74.1 cm³/mol. The maximum atomic E-state index is 11.8. The molecule has 0 amide bonds. The number of nitrogens with two attached hydrogens (primary N) is 1. The van der Waals surface area contributed by atoms with Crippen molar-refractivity contribution in [2.45, 2.75) is 26.2 Å². The van der Waals surface area contributed by atoms with E-state index in [4.69, 9.17) is 15.7 Å². The zero-order chi connectivity index (χ0) is 14.7. The summed E-state index contributed by atoms with van der Waals surface area (Å²) in [6, 6.07) is 3.54. The first kappa shape index (κ1) is 14.3. The van der Waals surface area contributed by atoms with E-state index >= 15 is 0 Å². The summed E-state index contributed by atoms with van der Waals surface area (Å²) in [5.41, 5.74) is 6.58. The Morgan fingerprint density at radius 3 is 2.85 bits per heavy atom. The van der Waals surface area contributed by atoms with Gasteiger partial charge in [0, 0.05) is 10.6 Å². The smallest absolute Gasteiger partial charge is 0.348 e. The van der Waals surface area contributed by atoms with E-state index in [1.54, 1.807) is 6.07 Å². The second kappa shape index (κ2) is 5.88. The number of Topliss-reactive ketones (excluding diaryl/α,β-unsaturated/α-hetero) is 1. The fourth-order valence-electron chi connectivity index (χ4n) is 2.07. The van der Waals surface area contributed by atoms with E-state index in [-0.39, 0.29) is 11.3 Å². The number of carbonyl (C=O) groups excluding carboxylic acids is 2. The predicted octanol–water partition coefficient (Wildman–Crippen LogP) is 1.72. The number of ketones is 1. The molecule has 0 aliphatic heterocycles. The average Bonchev–Trinajstić information content (AvgIpc) is 2.96. The summed E-state index contributed by atoms with van der Waals surface area (Å²) in [6.45, 7) is 1.00. The van der Waals surface area contributed by atoms with Crippen LogP contribution in [0.1, 0.15) is 33.5 Å². The number of fused-ring (bicyclic) bond motifs is 1. The van der Waals surface area contributed by atoms with Crippen molar-refractivity contribution in [3.8, 4) is 6.07 Å². The van der Waals surface area contributed by atoms with Gasteiger partial charge in [-0.05, 0) is 37.8 Å². The molecule has 1 heterocycles. The van der Waals surface area contributed by atoms with Gasteiger partial charge in [0.25, 0.3) is 0 Å². The minimum absolute atomic E-state index is 0.128. The van der Waals surface area contributed by atoms with Gasteiger partial charge in [0.2, 0.25) is 5.78 Å². The molecule has 0 atom stereocenters. The fourth-order valence-corrected chi connectivity index (χ4v) is 3.22. The molecule has 6 heteroatoms. The summed E-state index contributed by atoms with van der Waals surface area (Å²) in [5.74, 6) is -1.10. The maximum Gasteiger partial charge on any atom is 0.348 e. The number of allylic oxidation sites excluding steroid dienone is 1. The van der Waals surface area contributed by atoms with Crippen LogP contribution in [0.15, 0.2) is 17.3 Å². The minimum atomic E-state index is -0.579. The van der Waals surface area contributed by atoms with Crippen LogP contribution in [0.25, 0.3) is 0 Å². The molecule has 0 spiro atoms. The van der Waals surface area contributed by atoms with Crippen molar-refractivity contribution >= 4 is 23.1 Å². The number of aryl methyl sites for hydroxylation is 2. The Hall–Kier alpha value is -2.13. The van der Waals surface area contributed by atoms with Gasteiger partial charge in [-0.2, -0.15) is 5.26 Å². The Labute approximate surface area is 120 Å². The van der Waals surface area contributed by atoms with Crippen molar-refractivity contribution in [3.63, 3.8) is 0 Å². The lowest BCUT2D eigenvalue weighted by Crippen LogP contribution is -2.17. The normalized spacial score (nSPS) is 14.2. The summed E-state index contributed by atoms with van der Waals surface area (Å²) >= 11 is 1.41. The Morgan fingerprint density at radius 1 is 1.50 bits per heavy atom. The van der Waals surface area contributed by atoms with Crippen LogP contribution in [0.5, 0.6) is 0 Å². The summed E-state index contributed by atoms with van der Waals surface area (Å²) in [7, 11) is 0. The molecule has 2 N–H and O–H groups in total. The highest BCUT2D eigenvalue weighted by Gasteiger charge is 2.20. The second-order valence-corrected chi connectivity index (χ2v) is 5.72. The largest absolute Gasteiger partial charge is 0.453 e. The number of nitrogens with zero attached hydrogens (tertiary/aromatic N) is 1. The van der Waals surface area contributed by atoms with Gasteiger partial charge in [-0.15, -0.1) is 11.3 Å². The highest BCUT2D eigenvalue weighted by Crippen LogP contribution is 2.30. The van der Waals surface area contributed by atoms with Crippen molar-refractivity contribution in [1.82, 2.24) is 0 Å². The summed E-state index contributed by atoms with van der Waals surface area (Å²) < 4.78 is 4.94. The van der Waals surface area contributed by atoms with Crippen LogP contribution in [0.3, 0.4) is 0 Å². The van der Waals surface area contributed by atoms with Gasteiger partial charge in [0.1, 0.15) is 16.5 Å². The molecule has 1 aromatic heterocycles. The van der Waals surface area contributed by atoms with Gasteiger partial charge in [0.15, 0.2) is 6.61 Å². The standard InChI is InChI=1S/C14H14N2O3S/c1-8(16)10(6-15)11(17)7-19-14(18)13-5-9-3-2-4-12(9)20-13/h5H,2-4,7,16H2,1H3/b10-8-. The number of ether oxygens (including phenoxy) is 1. The Bertz CT molecular complexity index is 612. The van der Waals surface area contributed by atoms with Crippen LogP contribution in [-0.2, 0) is 22.4 Å². The van der Waals surface area contributed by atoms with Crippen LogP contribution in [0.4, 0.5) is 0 Å². The van der Waals surface area contributed by atoms with E-state index in [2.05, 4.69) is 0 Å². The number of thiophene rings is 1. The lowest BCUT2D eigenvalue weighted by atomic mass is 10.1. The summed E-state index contributed by atoms with van der Waals surface area (Å²) in [5, 5.41) is 8.78. The minimum Gasteiger partial charge on any atom is -0.453 e. The van der Waals surface area contributed by atoms with Crippen LogP contribution in [-0.4, -0.2) is 18.4 Å². The van der Waals surface area contributed by atoms with Crippen molar-refractivity contribution in [3.05, 3.63) is 32.7 Å². The highest BCUT2D eigenvalue weighted by atomic mass is 32.1. The number of hydrogen-bond donors (Lipinski definition) is 1. The summed E-state index contributed by atoms with van der Waals surface area (Å²) in [6.07, 6.45) is 3.12. The van der Waals surface area contributed by atoms with Gasteiger partial charge in [0.05, 0.1) is 0 Å². The zero-order valence-electron chi connectivity index (χ0n) is 11.1. The number of carbonyl (C=O) groups is 2. The second-order valence-electron chi connectivity index (χ2n) is 4.58. The van der Waals surface area contributed by atoms with Gasteiger partial charge in [-0.3, -0.25) is 4.79 Å². The Balaban J connectivity index is 1.97. The Kier molecular flexibility index (Phi) is 4.20. The van der Waals surface area contributed by atoms with Crippen molar-refractivity contribution in [1.29, 1.82) is 5.26 Å². The molecule has 1 aromatic rings. The van der Waals surface area contributed by atoms with E-state index in [0.717, 1.165) is 19.3 Å². The first-order valence-electron chi connectivity index (χ1n) is 6.21. The molecular formula is C14H14N2O3S. The third-order valence-electron chi connectivity index (χ3n) is 3.07. The average molecular weight is 290 g/mol. The summed E-state index contributed by atoms with van der Waals surface area (Å²) in [4.78, 5) is 25.2. The highest BCUT2D eigenvalue weighted by molar-refractivity contribution is 7.14. The van der Waals surface area contributed by atoms with Crippen LogP contribution < -0.4 is 5.73 Å². The molecular weight excluding hydrogens is 276 g/mol. The van der Waals surface area contributed by atoms with Crippen molar-refractivity contribution in [2.75, 3.05) is 6.61 Å². The number of hydrogen-bond acceptors (Lipinski definition) is 6. The maximum absolute atomic E-state index is 11.8. The molecule has 0 saturated carbocycles. The molecule has 20 heavy (non-hydrogen) atoms. The topological polar surface area (TPSA) is 93.2 Å². The fraction of sp³-hybridized carbons (Fsp3) is 0.357. The third-order valence-corrected chi connectivity index (χ3v) is 4.28.